The Morgan fingerprint density at radius 3 is 2.14 bits per heavy atom. The number of unbranched alkanes of at least 4 members (excludes halogenated alkanes) is 1. The van der Waals surface area contributed by atoms with Gasteiger partial charge in [0.25, 0.3) is 0 Å². The van der Waals surface area contributed by atoms with Gasteiger partial charge in [0.1, 0.15) is 0 Å². The van der Waals surface area contributed by atoms with Crippen molar-refractivity contribution in [2.24, 2.45) is 0 Å². The van der Waals surface area contributed by atoms with Gasteiger partial charge in [0.15, 0.2) is 0 Å². The molecule has 0 radical (unpaired) electrons. The van der Waals surface area contributed by atoms with E-state index in [0.717, 1.165) is 0 Å². The predicted octanol–water partition coefficient (Wildman–Crippen LogP) is -0.201. The average molecular weight is 250 g/mol. The molecule has 86 valence electrons. The van der Waals surface area contributed by atoms with Crippen LogP contribution in [-0.2, 0) is 33.6 Å². The molecule has 0 amide bonds. The quantitative estimate of drug-likeness (QED) is 0.286. The van der Waals surface area contributed by atoms with E-state index in [2.05, 4.69) is 12.9 Å². The van der Waals surface area contributed by atoms with E-state index in [4.69, 9.17) is 4.55 Å². The second kappa shape index (κ2) is 5.58. The lowest BCUT2D eigenvalue weighted by Gasteiger charge is -2.01. The van der Waals surface area contributed by atoms with Gasteiger partial charge in [-0.1, -0.05) is 22.0 Å². The number of rotatable bonds is 7. The molecule has 10 heteroatoms. The summed E-state index contributed by atoms with van der Waals surface area (Å²) in [6.45, 7) is 1.64. The smallest absolute Gasteiger partial charge is 0.262 e. The molecule has 0 saturated heterocycles. The molecule has 1 N–H and O–H groups in total. The molecule has 0 unspecified atom stereocenters. The second-order valence-electron chi connectivity index (χ2n) is 2.15. The minimum atomic E-state index is -4.97. The molecule has 0 rings (SSSR count). The fourth-order valence-electron chi connectivity index (χ4n) is 0.394. The van der Waals surface area contributed by atoms with Crippen LogP contribution in [0.1, 0.15) is 19.8 Å². The zero-order valence-electron chi connectivity index (χ0n) is 7.24. The highest BCUT2D eigenvalue weighted by molar-refractivity contribution is 7.83. The molecule has 0 spiro atoms. The largest absolute Gasteiger partial charge is 0.427 e. The van der Waals surface area contributed by atoms with Crippen LogP contribution in [0, 0.1) is 0 Å². The van der Waals surface area contributed by atoms with Crippen molar-refractivity contribution in [3.8, 4) is 0 Å². The van der Waals surface area contributed by atoms with Gasteiger partial charge in [-0.15, -0.1) is 0 Å². The third kappa shape index (κ3) is 8.34. The standard InChI is InChI=1S/C4H10O8S2/c1-2-3-4-10-14(8,9)12-11-13(5,6)7/h2-4H2,1H3,(H,5,6,7). The molecule has 0 aliphatic rings. The van der Waals surface area contributed by atoms with Crippen molar-refractivity contribution in [3.05, 3.63) is 0 Å². The van der Waals surface area contributed by atoms with E-state index in [9.17, 15) is 16.8 Å². The van der Waals surface area contributed by atoms with Crippen molar-refractivity contribution in [3.63, 3.8) is 0 Å². The monoisotopic (exact) mass is 250 g/mol. The summed E-state index contributed by atoms with van der Waals surface area (Å²) in [6, 6.07) is 0. The summed E-state index contributed by atoms with van der Waals surface area (Å²) >= 11 is 0. The van der Waals surface area contributed by atoms with E-state index in [1.807, 2.05) is 0 Å². The Balaban J connectivity index is 3.97. The lowest BCUT2D eigenvalue weighted by Crippen LogP contribution is -2.14. The maximum absolute atomic E-state index is 10.6. The summed E-state index contributed by atoms with van der Waals surface area (Å²) in [7, 11) is -9.52. The Labute approximate surface area is 82.0 Å². The van der Waals surface area contributed by atoms with E-state index in [1.54, 1.807) is 6.92 Å². The molecule has 0 aromatic carbocycles. The third-order valence-electron chi connectivity index (χ3n) is 0.923. The first kappa shape index (κ1) is 13.7. The predicted molar refractivity (Wildman–Crippen MR) is 43.5 cm³/mol. The van der Waals surface area contributed by atoms with Crippen LogP contribution >= 0.6 is 0 Å². The Kier molecular flexibility index (Phi) is 5.48. The van der Waals surface area contributed by atoms with Gasteiger partial charge in [0.2, 0.25) is 0 Å². The van der Waals surface area contributed by atoms with Gasteiger partial charge in [0.05, 0.1) is 6.61 Å². The van der Waals surface area contributed by atoms with Crippen molar-refractivity contribution < 1.29 is 34.2 Å². The van der Waals surface area contributed by atoms with Gasteiger partial charge in [-0.3, -0.25) is 4.55 Å². The van der Waals surface area contributed by atoms with Crippen molar-refractivity contribution >= 4 is 20.8 Å². The van der Waals surface area contributed by atoms with E-state index >= 15 is 0 Å². The van der Waals surface area contributed by atoms with Crippen LogP contribution < -0.4 is 0 Å². The second-order valence-corrected chi connectivity index (χ2v) is 4.33. The van der Waals surface area contributed by atoms with Crippen LogP contribution in [0.4, 0.5) is 0 Å². The number of hydrogen-bond acceptors (Lipinski definition) is 7. The maximum atomic E-state index is 10.6. The first-order valence-electron chi connectivity index (χ1n) is 3.51. The zero-order chi connectivity index (χ0) is 11.2. The molecular weight excluding hydrogens is 240 g/mol. The molecule has 0 bridgehead atoms. The summed E-state index contributed by atoms with van der Waals surface area (Å²) in [5, 5.41) is 0. The van der Waals surface area contributed by atoms with Crippen molar-refractivity contribution in [2.45, 2.75) is 19.8 Å². The average Bonchev–Trinajstić information content (AvgIpc) is 2.00. The normalized spacial score (nSPS) is 13.0. The molecule has 0 fully saturated rings. The fraction of sp³-hybridized carbons (Fsp3) is 1.00. The fourth-order valence-corrected chi connectivity index (χ4v) is 1.31. The molecule has 0 atom stereocenters. The van der Waals surface area contributed by atoms with Gasteiger partial charge in [0, 0.05) is 0 Å². The van der Waals surface area contributed by atoms with Gasteiger partial charge in [-0.25, -0.2) is 4.18 Å². The molecule has 0 aromatic rings. The Morgan fingerprint density at radius 1 is 1.14 bits per heavy atom. The van der Waals surface area contributed by atoms with Gasteiger partial charge >= 0.3 is 20.8 Å². The molecule has 8 nitrogen and oxygen atoms in total. The van der Waals surface area contributed by atoms with Gasteiger partial charge in [-0.05, 0) is 6.42 Å². The van der Waals surface area contributed by atoms with E-state index in [1.165, 1.54) is 0 Å². The minimum Gasteiger partial charge on any atom is -0.262 e. The molecule has 0 aliphatic heterocycles. The van der Waals surface area contributed by atoms with Gasteiger partial charge in [-0.2, -0.15) is 16.8 Å². The number of hydrogen-bond donors (Lipinski definition) is 1. The Morgan fingerprint density at radius 2 is 1.71 bits per heavy atom. The molecule has 0 aromatic heterocycles. The van der Waals surface area contributed by atoms with E-state index in [-0.39, 0.29) is 6.61 Å². The van der Waals surface area contributed by atoms with Crippen molar-refractivity contribution in [1.82, 2.24) is 0 Å². The van der Waals surface area contributed by atoms with Crippen LogP contribution in [0.15, 0.2) is 0 Å². The molecule has 14 heavy (non-hydrogen) atoms. The Hall–Kier alpha value is -0.260. The first-order valence-corrected chi connectivity index (χ1v) is 6.21. The zero-order valence-corrected chi connectivity index (χ0v) is 8.88. The van der Waals surface area contributed by atoms with Crippen LogP contribution in [0.25, 0.3) is 0 Å². The van der Waals surface area contributed by atoms with E-state index < -0.39 is 20.8 Å². The molecule has 0 saturated carbocycles. The third-order valence-corrected chi connectivity index (χ3v) is 1.94. The molecular formula is C4H10O8S2. The van der Waals surface area contributed by atoms with Crippen molar-refractivity contribution in [1.29, 1.82) is 0 Å². The van der Waals surface area contributed by atoms with E-state index in [0.29, 0.717) is 12.8 Å². The summed E-state index contributed by atoms with van der Waals surface area (Å²) in [4.78, 5) is 0. The van der Waals surface area contributed by atoms with Gasteiger partial charge < -0.3 is 0 Å². The Bertz CT molecular complexity index is 340. The van der Waals surface area contributed by atoms with Crippen LogP contribution in [0.2, 0.25) is 0 Å². The summed E-state index contributed by atoms with van der Waals surface area (Å²) in [5.74, 6) is 0. The van der Waals surface area contributed by atoms with Crippen molar-refractivity contribution in [2.75, 3.05) is 6.61 Å². The SMILES string of the molecule is CCCCOS(=O)(=O)OOS(=O)(=O)O. The lowest BCUT2D eigenvalue weighted by molar-refractivity contribution is -0.108. The van der Waals surface area contributed by atoms with Crippen LogP contribution in [0.5, 0.6) is 0 Å². The highest BCUT2D eigenvalue weighted by Crippen LogP contribution is 2.01. The summed E-state index contributed by atoms with van der Waals surface area (Å²) in [5.41, 5.74) is 0. The highest BCUT2D eigenvalue weighted by atomic mass is 32.3. The minimum absolute atomic E-state index is 0.159. The lowest BCUT2D eigenvalue weighted by atomic mass is 10.4. The molecule has 0 aliphatic carbocycles. The topological polar surface area (TPSA) is 116 Å². The molecule has 0 heterocycles. The maximum Gasteiger partial charge on any atom is 0.427 e. The summed E-state index contributed by atoms with van der Waals surface area (Å²) in [6.07, 6.45) is 1.14. The first-order chi connectivity index (χ1) is 6.27. The highest BCUT2D eigenvalue weighted by Gasteiger charge is 2.18. The van der Waals surface area contributed by atoms with Crippen LogP contribution in [0.3, 0.4) is 0 Å². The summed E-state index contributed by atoms with van der Waals surface area (Å²) < 4.78 is 59.6. The van der Waals surface area contributed by atoms with Crippen LogP contribution in [-0.4, -0.2) is 28.0 Å².